The fraction of sp³-hybridized carbons (Fsp3) is 0.579. The van der Waals surface area contributed by atoms with Crippen LogP contribution in [0.15, 0.2) is 22.6 Å². The Hall–Kier alpha value is -1.11. The average Bonchev–Trinajstić information content (AvgIpc) is 3.22. The van der Waals surface area contributed by atoms with E-state index in [1.54, 1.807) is 23.1 Å². The summed E-state index contributed by atoms with van der Waals surface area (Å²) in [6.07, 6.45) is 7.35. The van der Waals surface area contributed by atoms with E-state index in [9.17, 15) is 4.79 Å². The van der Waals surface area contributed by atoms with Gasteiger partial charge in [-0.25, -0.2) is 4.98 Å². The Morgan fingerprint density at radius 2 is 2.36 bits per heavy atom. The van der Waals surface area contributed by atoms with Crippen molar-refractivity contribution < 1.29 is 4.74 Å². The smallest absolute Gasteiger partial charge is 0.263 e. The molecule has 4 nitrogen and oxygen atoms in total. The molecule has 134 valence electrons. The fourth-order valence-corrected chi connectivity index (χ4v) is 5.97. The van der Waals surface area contributed by atoms with Gasteiger partial charge in [0, 0.05) is 17.2 Å². The molecule has 6 heteroatoms. The number of hydrogen-bond acceptors (Lipinski definition) is 5. The molecule has 2 aromatic rings. The standard InChI is InChI=1S/C19H24N2O2S2/c1-3-9-24-19-20-17-16(14-7-6-12(2)10-15(14)25-17)18(22)21(19)11-13-5-4-8-23-13/h3,12-13H,1,4-11H2,2H3/t12-,13+/m1/s1. The number of rotatable bonds is 5. The van der Waals surface area contributed by atoms with Gasteiger partial charge in [-0.05, 0) is 43.6 Å². The summed E-state index contributed by atoms with van der Waals surface area (Å²) in [5.41, 5.74) is 1.39. The van der Waals surface area contributed by atoms with Gasteiger partial charge < -0.3 is 4.74 Å². The summed E-state index contributed by atoms with van der Waals surface area (Å²) in [5, 5.41) is 1.67. The van der Waals surface area contributed by atoms with Crippen LogP contribution in [0.2, 0.25) is 0 Å². The third-order valence-electron chi connectivity index (χ3n) is 5.12. The summed E-state index contributed by atoms with van der Waals surface area (Å²) in [7, 11) is 0. The van der Waals surface area contributed by atoms with E-state index >= 15 is 0 Å². The second-order valence-corrected chi connectivity index (χ2v) is 9.15. The predicted molar refractivity (Wildman–Crippen MR) is 105 cm³/mol. The molecular weight excluding hydrogens is 352 g/mol. The van der Waals surface area contributed by atoms with Gasteiger partial charge in [0.2, 0.25) is 0 Å². The molecule has 0 amide bonds. The van der Waals surface area contributed by atoms with Crippen molar-refractivity contribution in [2.24, 2.45) is 5.92 Å². The molecule has 2 aliphatic rings. The van der Waals surface area contributed by atoms with E-state index in [0.29, 0.717) is 12.5 Å². The van der Waals surface area contributed by atoms with Gasteiger partial charge in [0.1, 0.15) is 4.83 Å². The minimum atomic E-state index is 0.124. The molecule has 0 unspecified atom stereocenters. The van der Waals surface area contributed by atoms with Gasteiger partial charge in [-0.1, -0.05) is 24.8 Å². The fourth-order valence-electron chi connectivity index (χ4n) is 3.80. The van der Waals surface area contributed by atoms with Crippen LogP contribution in [0.1, 0.15) is 36.6 Å². The summed E-state index contributed by atoms with van der Waals surface area (Å²) >= 11 is 3.31. The molecule has 1 saturated heterocycles. The Balaban J connectivity index is 1.82. The highest BCUT2D eigenvalue weighted by molar-refractivity contribution is 7.99. The lowest BCUT2D eigenvalue weighted by molar-refractivity contribution is 0.0937. The van der Waals surface area contributed by atoms with Crippen LogP contribution in [-0.2, 0) is 24.1 Å². The first-order valence-corrected chi connectivity index (χ1v) is 10.9. The molecule has 1 fully saturated rings. The van der Waals surface area contributed by atoms with Crippen molar-refractivity contribution in [1.29, 1.82) is 0 Å². The van der Waals surface area contributed by atoms with Gasteiger partial charge in [0.05, 0.1) is 18.0 Å². The van der Waals surface area contributed by atoms with Crippen molar-refractivity contribution in [3.63, 3.8) is 0 Å². The van der Waals surface area contributed by atoms with E-state index in [0.717, 1.165) is 59.8 Å². The molecule has 4 rings (SSSR count). The first kappa shape index (κ1) is 17.3. The monoisotopic (exact) mass is 376 g/mol. The number of hydrogen-bond donors (Lipinski definition) is 0. The van der Waals surface area contributed by atoms with Gasteiger partial charge in [-0.3, -0.25) is 9.36 Å². The number of thioether (sulfide) groups is 1. The summed E-state index contributed by atoms with van der Waals surface area (Å²) in [4.78, 5) is 20.5. The third-order valence-corrected chi connectivity index (χ3v) is 7.24. The van der Waals surface area contributed by atoms with Gasteiger partial charge in [0.15, 0.2) is 5.16 Å². The number of ether oxygens (including phenoxy) is 1. The van der Waals surface area contributed by atoms with Crippen LogP contribution in [0.25, 0.3) is 10.2 Å². The van der Waals surface area contributed by atoms with Gasteiger partial charge in [-0.15, -0.1) is 17.9 Å². The maximum Gasteiger partial charge on any atom is 0.263 e. The Labute approximate surface area is 156 Å². The maximum atomic E-state index is 13.3. The van der Waals surface area contributed by atoms with Crippen LogP contribution in [0.3, 0.4) is 0 Å². The number of nitrogens with zero attached hydrogens (tertiary/aromatic N) is 2. The summed E-state index contributed by atoms with van der Waals surface area (Å²) in [5.74, 6) is 1.45. The molecule has 0 saturated carbocycles. The van der Waals surface area contributed by atoms with Crippen LogP contribution in [-0.4, -0.2) is 28.0 Å². The van der Waals surface area contributed by atoms with Gasteiger partial charge >= 0.3 is 0 Å². The SMILES string of the molecule is C=CCSc1nc2sc3c(c2c(=O)n1C[C@@H]1CCCO1)CC[C@@H](C)C3. The number of fused-ring (bicyclic) bond motifs is 3. The van der Waals surface area contributed by atoms with Crippen LogP contribution >= 0.6 is 23.1 Å². The zero-order valence-corrected chi connectivity index (χ0v) is 16.3. The average molecular weight is 377 g/mol. The Morgan fingerprint density at radius 3 is 3.12 bits per heavy atom. The highest BCUT2D eigenvalue weighted by atomic mass is 32.2. The first-order chi connectivity index (χ1) is 12.2. The summed E-state index contributed by atoms with van der Waals surface area (Å²) in [6.45, 7) is 7.51. The van der Waals surface area contributed by atoms with E-state index < -0.39 is 0 Å². The normalized spacial score (nSPS) is 23.1. The lowest BCUT2D eigenvalue weighted by Crippen LogP contribution is -2.29. The second kappa shape index (κ2) is 7.25. The van der Waals surface area contributed by atoms with E-state index in [2.05, 4.69) is 13.5 Å². The molecule has 0 aromatic carbocycles. The van der Waals surface area contributed by atoms with E-state index in [1.165, 1.54) is 10.4 Å². The highest BCUT2D eigenvalue weighted by Crippen LogP contribution is 2.36. The minimum absolute atomic E-state index is 0.124. The lowest BCUT2D eigenvalue weighted by atomic mass is 9.89. The molecule has 1 aliphatic carbocycles. The van der Waals surface area contributed by atoms with E-state index in [1.807, 2.05) is 10.6 Å². The summed E-state index contributed by atoms with van der Waals surface area (Å²) in [6, 6.07) is 0. The lowest BCUT2D eigenvalue weighted by Gasteiger charge is -2.18. The van der Waals surface area contributed by atoms with Crippen LogP contribution in [0.4, 0.5) is 0 Å². The predicted octanol–water partition coefficient (Wildman–Crippen LogP) is 4.04. The molecule has 3 heterocycles. The van der Waals surface area contributed by atoms with Crippen LogP contribution in [0, 0.1) is 5.92 Å². The molecule has 0 N–H and O–H groups in total. The van der Waals surface area contributed by atoms with E-state index in [4.69, 9.17) is 9.72 Å². The number of aromatic nitrogens is 2. The van der Waals surface area contributed by atoms with Crippen molar-refractivity contribution in [3.8, 4) is 0 Å². The molecule has 0 radical (unpaired) electrons. The van der Waals surface area contributed by atoms with Crippen molar-refractivity contribution in [3.05, 3.63) is 33.4 Å². The Bertz CT molecular complexity index is 849. The van der Waals surface area contributed by atoms with E-state index in [-0.39, 0.29) is 11.7 Å². The summed E-state index contributed by atoms with van der Waals surface area (Å²) < 4.78 is 7.64. The molecule has 2 atom stereocenters. The highest BCUT2D eigenvalue weighted by Gasteiger charge is 2.26. The molecule has 2 aromatic heterocycles. The zero-order valence-electron chi connectivity index (χ0n) is 14.6. The molecule has 0 bridgehead atoms. The minimum Gasteiger partial charge on any atom is -0.376 e. The van der Waals surface area contributed by atoms with Crippen molar-refractivity contribution in [2.75, 3.05) is 12.4 Å². The molecule has 1 aliphatic heterocycles. The van der Waals surface area contributed by atoms with Gasteiger partial charge in [0.25, 0.3) is 5.56 Å². The van der Waals surface area contributed by atoms with Crippen LogP contribution in [0.5, 0.6) is 0 Å². The topological polar surface area (TPSA) is 44.1 Å². The Kier molecular flexibility index (Phi) is 5.02. The quantitative estimate of drug-likeness (QED) is 0.449. The van der Waals surface area contributed by atoms with Crippen molar-refractivity contribution >= 4 is 33.3 Å². The van der Waals surface area contributed by atoms with Crippen LogP contribution < -0.4 is 5.56 Å². The second-order valence-electron chi connectivity index (χ2n) is 7.08. The van der Waals surface area contributed by atoms with Crippen molar-refractivity contribution in [1.82, 2.24) is 9.55 Å². The largest absolute Gasteiger partial charge is 0.376 e. The van der Waals surface area contributed by atoms with Gasteiger partial charge in [-0.2, -0.15) is 0 Å². The number of aryl methyl sites for hydroxylation is 1. The Morgan fingerprint density at radius 1 is 1.48 bits per heavy atom. The zero-order chi connectivity index (χ0) is 17.4. The number of thiophene rings is 1. The molecule has 25 heavy (non-hydrogen) atoms. The first-order valence-electron chi connectivity index (χ1n) is 9.07. The third kappa shape index (κ3) is 3.32. The maximum absolute atomic E-state index is 13.3. The molecule has 0 spiro atoms. The van der Waals surface area contributed by atoms with Crippen molar-refractivity contribution in [2.45, 2.75) is 56.8 Å². The molecular formula is C19H24N2O2S2.